The van der Waals surface area contributed by atoms with Crippen molar-refractivity contribution in [3.63, 3.8) is 0 Å². The first kappa shape index (κ1) is 17.2. The zero-order valence-electron chi connectivity index (χ0n) is 15.1. The van der Waals surface area contributed by atoms with Gasteiger partial charge in [0.2, 0.25) is 5.91 Å². The van der Waals surface area contributed by atoms with Crippen LogP contribution < -0.4 is 15.1 Å². The van der Waals surface area contributed by atoms with E-state index in [0.717, 1.165) is 24.3 Å². The van der Waals surface area contributed by atoms with Crippen molar-refractivity contribution in [1.82, 2.24) is 5.32 Å². The molecule has 3 saturated heterocycles. The average molecular weight is 391 g/mol. The van der Waals surface area contributed by atoms with Crippen molar-refractivity contribution in [2.75, 3.05) is 27.9 Å². The number of halogens is 1. The van der Waals surface area contributed by atoms with E-state index in [-0.39, 0.29) is 17.8 Å². The average Bonchev–Trinajstić information content (AvgIpc) is 3.05. The maximum Gasteiger partial charge on any atom is 0.415 e. The Bertz CT molecular complexity index is 805. The van der Waals surface area contributed by atoms with E-state index in [0.29, 0.717) is 36.4 Å². The molecule has 4 atom stereocenters. The van der Waals surface area contributed by atoms with Gasteiger partial charge in [-0.3, -0.25) is 9.69 Å². The first-order chi connectivity index (χ1) is 13.0. The molecule has 1 aromatic carbocycles. The van der Waals surface area contributed by atoms with Crippen LogP contribution in [-0.2, 0) is 9.53 Å². The summed E-state index contributed by atoms with van der Waals surface area (Å²) >= 11 is 1.95. The normalized spacial score (nSPS) is 34.1. The molecule has 3 aliphatic heterocycles. The molecule has 144 valence electrons. The van der Waals surface area contributed by atoms with Crippen molar-refractivity contribution >= 4 is 35.1 Å². The minimum atomic E-state index is -0.666. The van der Waals surface area contributed by atoms with E-state index in [9.17, 15) is 14.0 Å². The Hall–Kier alpha value is -1.96. The topological polar surface area (TPSA) is 61.9 Å². The highest BCUT2D eigenvalue weighted by atomic mass is 32.2. The summed E-state index contributed by atoms with van der Waals surface area (Å²) in [5.41, 5.74) is 0.475. The molecule has 4 fully saturated rings. The van der Waals surface area contributed by atoms with E-state index in [1.807, 2.05) is 11.8 Å². The molecule has 0 radical (unpaired) electrons. The molecule has 1 saturated carbocycles. The number of carbonyl (C=O) groups excluding carboxylic acids is 2. The molecule has 4 aliphatic rings. The van der Waals surface area contributed by atoms with Gasteiger partial charge < -0.3 is 15.0 Å². The number of amides is 2. The Labute approximate surface area is 161 Å². The summed E-state index contributed by atoms with van der Waals surface area (Å²) in [4.78, 5) is 27.3. The van der Waals surface area contributed by atoms with Gasteiger partial charge in [0.1, 0.15) is 5.82 Å². The molecule has 1 spiro atoms. The molecule has 6 nitrogen and oxygen atoms in total. The molecule has 27 heavy (non-hydrogen) atoms. The van der Waals surface area contributed by atoms with Gasteiger partial charge in [0.25, 0.3) is 0 Å². The molecule has 0 aromatic heterocycles. The SMILES string of the molecule is CC(=O)N[C@H]1C[C@]12CN(c1ccc(N3C4CCC3CSC4)c(F)c1)C(=O)O2. The first-order valence-electron chi connectivity index (χ1n) is 9.40. The fourth-order valence-corrected chi connectivity index (χ4v) is 6.02. The molecule has 2 bridgehead atoms. The summed E-state index contributed by atoms with van der Waals surface area (Å²) in [6.45, 7) is 1.78. The van der Waals surface area contributed by atoms with Crippen molar-refractivity contribution in [3.8, 4) is 0 Å². The van der Waals surface area contributed by atoms with Crippen LogP contribution in [0, 0.1) is 5.82 Å². The number of anilines is 2. The van der Waals surface area contributed by atoms with Crippen molar-refractivity contribution < 1.29 is 18.7 Å². The fourth-order valence-electron chi connectivity index (χ4n) is 4.69. The highest BCUT2D eigenvalue weighted by Gasteiger charge is 2.64. The predicted octanol–water partition coefficient (Wildman–Crippen LogP) is 2.51. The molecular formula is C19H22FN3O3S. The molecule has 2 amide bonds. The number of carbonyl (C=O) groups is 2. The first-order valence-corrected chi connectivity index (χ1v) is 10.6. The van der Waals surface area contributed by atoms with Crippen LogP contribution in [0.5, 0.6) is 0 Å². The summed E-state index contributed by atoms with van der Waals surface area (Å²) in [6, 6.07) is 5.68. The van der Waals surface area contributed by atoms with Crippen LogP contribution in [0.4, 0.5) is 20.6 Å². The molecule has 1 aromatic rings. The van der Waals surface area contributed by atoms with Crippen molar-refractivity contribution in [2.24, 2.45) is 0 Å². The van der Waals surface area contributed by atoms with Crippen LogP contribution in [0.25, 0.3) is 0 Å². The van der Waals surface area contributed by atoms with Gasteiger partial charge in [-0.2, -0.15) is 11.8 Å². The number of fused-ring (bicyclic) bond motifs is 2. The van der Waals surface area contributed by atoms with E-state index in [1.165, 1.54) is 17.9 Å². The minimum absolute atomic E-state index is 0.143. The van der Waals surface area contributed by atoms with Crippen LogP contribution in [0.1, 0.15) is 26.2 Å². The Morgan fingerprint density at radius 2 is 2.07 bits per heavy atom. The number of nitrogens with one attached hydrogen (secondary N) is 1. The van der Waals surface area contributed by atoms with Crippen LogP contribution in [0.2, 0.25) is 0 Å². The quantitative estimate of drug-likeness (QED) is 0.858. The molecule has 5 rings (SSSR count). The third-order valence-electron chi connectivity index (χ3n) is 6.10. The zero-order valence-corrected chi connectivity index (χ0v) is 15.9. The number of thioether (sulfide) groups is 1. The van der Waals surface area contributed by atoms with E-state index in [2.05, 4.69) is 10.2 Å². The van der Waals surface area contributed by atoms with E-state index < -0.39 is 11.7 Å². The Kier molecular flexibility index (Phi) is 3.83. The third-order valence-corrected chi connectivity index (χ3v) is 7.34. The molecule has 2 unspecified atom stereocenters. The Morgan fingerprint density at radius 1 is 1.33 bits per heavy atom. The van der Waals surface area contributed by atoms with Gasteiger partial charge in [0, 0.05) is 36.9 Å². The number of benzene rings is 1. The second-order valence-corrected chi connectivity index (χ2v) is 9.02. The van der Waals surface area contributed by atoms with Crippen molar-refractivity contribution in [3.05, 3.63) is 24.0 Å². The van der Waals surface area contributed by atoms with E-state index in [4.69, 9.17) is 4.74 Å². The summed E-state index contributed by atoms with van der Waals surface area (Å²) in [5.74, 6) is 1.65. The highest BCUT2D eigenvalue weighted by molar-refractivity contribution is 7.99. The number of rotatable bonds is 3. The van der Waals surface area contributed by atoms with Crippen LogP contribution in [-0.4, -0.2) is 53.8 Å². The van der Waals surface area contributed by atoms with E-state index in [1.54, 1.807) is 12.1 Å². The van der Waals surface area contributed by atoms with Gasteiger partial charge in [-0.15, -0.1) is 0 Å². The Balaban J connectivity index is 1.36. The standard InChI is InChI=1S/C19H22FN3O3S/c1-11(24)21-17-7-19(17)10-22(18(25)26-19)12-4-5-16(15(20)6-12)23-13-2-3-14(23)9-27-8-13/h4-6,13-14,17H,2-3,7-10H2,1H3,(H,21,24)/t13?,14?,17-,19-/m0/s1. The molecule has 1 N–H and O–H groups in total. The fraction of sp³-hybridized carbons (Fsp3) is 0.579. The van der Waals surface area contributed by atoms with Crippen LogP contribution >= 0.6 is 11.8 Å². The van der Waals surface area contributed by atoms with Crippen LogP contribution in [0.15, 0.2) is 18.2 Å². The largest absolute Gasteiger partial charge is 0.438 e. The number of nitrogens with zero attached hydrogens (tertiary/aromatic N) is 2. The van der Waals surface area contributed by atoms with Crippen molar-refractivity contribution in [2.45, 2.75) is 49.9 Å². The summed E-state index contributed by atoms with van der Waals surface area (Å²) in [7, 11) is 0. The van der Waals surface area contributed by atoms with Gasteiger partial charge >= 0.3 is 6.09 Å². The summed E-state index contributed by atoms with van der Waals surface area (Å²) in [5, 5.41) is 2.80. The maximum atomic E-state index is 15.0. The van der Waals surface area contributed by atoms with Crippen LogP contribution in [0.3, 0.4) is 0 Å². The lowest BCUT2D eigenvalue weighted by Gasteiger charge is -2.36. The van der Waals surface area contributed by atoms with Gasteiger partial charge in [-0.25, -0.2) is 9.18 Å². The minimum Gasteiger partial charge on any atom is -0.438 e. The van der Waals surface area contributed by atoms with Gasteiger partial charge in [-0.1, -0.05) is 0 Å². The second-order valence-electron chi connectivity index (χ2n) is 7.94. The lowest BCUT2D eigenvalue weighted by atomic mass is 10.2. The van der Waals surface area contributed by atoms with Gasteiger partial charge in [-0.05, 0) is 31.0 Å². The smallest absolute Gasteiger partial charge is 0.415 e. The van der Waals surface area contributed by atoms with Crippen molar-refractivity contribution in [1.29, 1.82) is 0 Å². The second kappa shape index (κ2) is 6.02. The molecule has 8 heteroatoms. The lowest BCUT2D eigenvalue weighted by Crippen LogP contribution is -2.43. The number of ether oxygens (including phenoxy) is 1. The molecule has 3 heterocycles. The number of hydrogen-bond donors (Lipinski definition) is 1. The highest BCUT2D eigenvalue weighted by Crippen LogP contribution is 2.47. The predicted molar refractivity (Wildman–Crippen MR) is 102 cm³/mol. The zero-order chi connectivity index (χ0) is 18.8. The monoisotopic (exact) mass is 391 g/mol. The number of hydrogen-bond acceptors (Lipinski definition) is 5. The third kappa shape index (κ3) is 2.76. The van der Waals surface area contributed by atoms with Gasteiger partial charge in [0.05, 0.1) is 24.0 Å². The Morgan fingerprint density at radius 3 is 2.74 bits per heavy atom. The molecule has 1 aliphatic carbocycles. The van der Waals surface area contributed by atoms with E-state index >= 15 is 0 Å². The van der Waals surface area contributed by atoms with Gasteiger partial charge in [0.15, 0.2) is 5.60 Å². The summed E-state index contributed by atoms with van der Waals surface area (Å²) < 4.78 is 20.5. The lowest BCUT2D eigenvalue weighted by molar-refractivity contribution is -0.119. The molecular weight excluding hydrogens is 369 g/mol. The summed E-state index contributed by atoms with van der Waals surface area (Å²) in [6.07, 6.45) is 2.35. The maximum absolute atomic E-state index is 15.0.